The normalized spacial score (nSPS) is 14.1. The van der Waals surface area contributed by atoms with Crippen molar-refractivity contribution in [1.29, 1.82) is 0 Å². The van der Waals surface area contributed by atoms with E-state index in [1.54, 1.807) is 18.5 Å². The summed E-state index contributed by atoms with van der Waals surface area (Å²) in [6.45, 7) is 1.80. The van der Waals surface area contributed by atoms with Gasteiger partial charge in [-0.1, -0.05) is 6.07 Å². The number of carbonyl (C=O) groups excluding carboxylic acids is 1. The molecule has 0 saturated carbocycles. The lowest BCUT2D eigenvalue weighted by Gasteiger charge is -2.14. The molecule has 1 aliphatic rings. The van der Waals surface area contributed by atoms with Crippen LogP contribution >= 0.6 is 0 Å². The quantitative estimate of drug-likeness (QED) is 0.786. The van der Waals surface area contributed by atoms with Gasteiger partial charge in [-0.25, -0.2) is 8.42 Å². The number of nitrogens with one attached hydrogen (secondary N) is 2. The number of hydrogen-bond donors (Lipinski definition) is 2. The summed E-state index contributed by atoms with van der Waals surface area (Å²) in [6, 6.07) is 6.92. The lowest BCUT2D eigenvalue weighted by Crippen LogP contribution is -2.44. The van der Waals surface area contributed by atoms with E-state index in [1.807, 2.05) is 6.07 Å². The van der Waals surface area contributed by atoms with Crippen molar-refractivity contribution < 1.29 is 22.7 Å². The van der Waals surface area contributed by atoms with Crippen LogP contribution in [0.15, 0.2) is 47.6 Å². The van der Waals surface area contributed by atoms with Gasteiger partial charge in [0.2, 0.25) is 22.7 Å². The number of ether oxygens (including phenoxy) is 2. The highest BCUT2D eigenvalue weighted by atomic mass is 32.2. The molecular formula is C16H17N3O5S. The first kappa shape index (κ1) is 17.2. The van der Waals surface area contributed by atoms with E-state index in [9.17, 15) is 13.2 Å². The van der Waals surface area contributed by atoms with Crippen molar-refractivity contribution in [2.75, 3.05) is 6.79 Å². The minimum absolute atomic E-state index is 0.00339. The molecule has 2 N–H and O–H groups in total. The smallest absolute Gasteiger partial charge is 0.241 e. The number of carbonyl (C=O) groups is 1. The Bertz CT molecular complexity index is 871. The molecule has 0 spiro atoms. The number of hydrogen-bond acceptors (Lipinski definition) is 6. The number of aromatic nitrogens is 1. The van der Waals surface area contributed by atoms with Crippen LogP contribution in [0.4, 0.5) is 0 Å². The van der Waals surface area contributed by atoms with Gasteiger partial charge in [-0.2, -0.15) is 4.72 Å². The maximum Gasteiger partial charge on any atom is 0.241 e. The zero-order valence-electron chi connectivity index (χ0n) is 13.4. The molecule has 3 rings (SSSR count). The summed E-state index contributed by atoms with van der Waals surface area (Å²) in [5.74, 6) is 0.408. The summed E-state index contributed by atoms with van der Waals surface area (Å²) < 4.78 is 37.5. The minimum atomic E-state index is -3.87. The highest BCUT2D eigenvalue weighted by Crippen LogP contribution is 2.33. The van der Waals surface area contributed by atoms with Crippen molar-refractivity contribution in [1.82, 2.24) is 15.0 Å². The van der Waals surface area contributed by atoms with Gasteiger partial charge < -0.3 is 14.8 Å². The third-order valence-electron chi connectivity index (χ3n) is 3.57. The van der Waals surface area contributed by atoms with Gasteiger partial charge in [0, 0.05) is 25.0 Å². The van der Waals surface area contributed by atoms with Crippen molar-refractivity contribution in [2.45, 2.75) is 24.4 Å². The number of pyridine rings is 1. The van der Waals surface area contributed by atoms with Gasteiger partial charge in [0.1, 0.15) is 0 Å². The molecule has 9 heteroatoms. The SMILES string of the molecule is C[C@@H](NS(=O)(=O)c1ccc2c(c1)OCO2)C(=O)NCc1cccnc1. The predicted molar refractivity (Wildman–Crippen MR) is 88.4 cm³/mol. The van der Waals surface area contributed by atoms with Crippen molar-refractivity contribution >= 4 is 15.9 Å². The third kappa shape index (κ3) is 4.06. The molecule has 1 atom stereocenters. The number of amides is 1. The molecule has 0 radical (unpaired) electrons. The predicted octanol–water partition coefficient (Wildman–Crippen LogP) is 0.793. The van der Waals surface area contributed by atoms with Crippen LogP contribution in [0.5, 0.6) is 11.5 Å². The monoisotopic (exact) mass is 363 g/mol. The largest absolute Gasteiger partial charge is 0.454 e. The van der Waals surface area contributed by atoms with E-state index in [0.29, 0.717) is 11.5 Å². The summed E-state index contributed by atoms with van der Waals surface area (Å²) >= 11 is 0. The molecule has 1 aromatic carbocycles. The molecule has 2 heterocycles. The highest BCUT2D eigenvalue weighted by Gasteiger charge is 2.24. The van der Waals surface area contributed by atoms with Crippen molar-refractivity contribution in [3.63, 3.8) is 0 Å². The average molecular weight is 363 g/mol. The first-order valence-electron chi connectivity index (χ1n) is 7.54. The van der Waals surface area contributed by atoms with E-state index in [1.165, 1.54) is 25.1 Å². The Morgan fingerprint density at radius 1 is 1.28 bits per heavy atom. The fraction of sp³-hybridized carbons (Fsp3) is 0.250. The number of sulfonamides is 1. The Kier molecular flexibility index (Phi) is 4.86. The van der Waals surface area contributed by atoms with E-state index in [4.69, 9.17) is 9.47 Å². The zero-order valence-corrected chi connectivity index (χ0v) is 14.2. The molecule has 0 unspecified atom stereocenters. The lowest BCUT2D eigenvalue weighted by atomic mass is 10.2. The van der Waals surface area contributed by atoms with Gasteiger partial charge in [-0.05, 0) is 30.7 Å². The van der Waals surface area contributed by atoms with E-state index in [-0.39, 0.29) is 18.2 Å². The summed E-state index contributed by atoms with van der Waals surface area (Å²) in [7, 11) is -3.87. The molecular weight excluding hydrogens is 346 g/mol. The first-order valence-corrected chi connectivity index (χ1v) is 9.02. The van der Waals surface area contributed by atoms with Crippen LogP contribution in [0.2, 0.25) is 0 Å². The molecule has 1 aliphatic heterocycles. The Morgan fingerprint density at radius 2 is 2.08 bits per heavy atom. The molecule has 1 aromatic heterocycles. The van der Waals surface area contributed by atoms with Gasteiger partial charge in [0.15, 0.2) is 11.5 Å². The molecule has 0 fully saturated rings. The van der Waals surface area contributed by atoms with Gasteiger partial charge in [0.25, 0.3) is 0 Å². The fourth-order valence-electron chi connectivity index (χ4n) is 2.24. The summed E-state index contributed by atoms with van der Waals surface area (Å²) in [5.41, 5.74) is 0.821. The van der Waals surface area contributed by atoms with Crippen molar-refractivity contribution in [3.8, 4) is 11.5 Å². The lowest BCUT2D eigenvalue weighted by molar-refractivity contribution is -0.122. The Hall–Kier alpha value is -2.65. The highest BCUT2D eigenvalue weighted by molar-refractivity contribution is 7.89. The average Bonchev–Trinajstić information content (AvgIpc) is 3.08. The Morgan fingerprint density at radius 3 is 2.84 bits per heavy atom. The van der Waals surface area contributed by atoms with E-state index < -0.39 is 22.0 Å². The summed E-state index contributed by atoms with van der Waals surface area (Å²) in [6.07, 6.45) is 3.26. The van der Waals surface area contributed by atoms with Gasteiger partial charge in [0.05, 0.1) is 10.9 Å². The summed E-state index contributed by atoms with van der Waals surface area (Å²) in [4.78, 5) is 16.1. The van der Waals surface area contributed by atoms with Crippen molar-refractivity contribution in [2.24, 2.45) is 0 Å². The Balaban J connectivity index is 1.62. The molecule has 25 heavy (non-hydrogen) atoms. The van der Waals surface area contributed by atoms with Crippen LogP contribution in [0.1, 0.15) is 12.5 Å². The second-order valence-electron chi connectivity index (χ2n) is 5.44. The fourth-order valence-corrected chi connectivity index (χ4v) is 3.46. The molecule has 0 bridgehead atoms. The zero-order chi connectivity index (χ0) is 17.9. The number of rotatable bonds is 6. The number of benzene rings is 1. The minimum Gasteiger partial charge on any atom is -0.454 e. The van der Waals surface area contributed by atoms with Crippen LogP contribution in [0, 0.1) is 0 Å². The van der Waals surface area contributed by atoms with Gasteiger partial charge >= 0.3 is 0 Å². The molecule has 0 aliphatic carbocycles. The molecule has 0 saturated heterocycles. The third-order valence-corrected chi connectivity index (χ3v) is 5.11. The van der Waals surface area contributed by atoms with Gasteiger partial charge in [-0.15, -0.1) is 0 Å². The standard InChI is InChI=1S/C16H17N3O5S/c1-11(16(20)18-9-12-3-2-6-17-8-12)19-25(21,22)13-4-5-14-15(7-13)24-10-23-14/h2-8,11,19H,9-10H2,1H3,(H,18,20)/t11-/m1/s1. The molecule has 2 aromatic rings. The van der Waals surface area contributed by atoms with Crippen LogP contribution in [0.3, 0.4) is 0 Å². The molecule has 1 amide bonds. The maximum atomic E-state index is 12.4. The second kappa shape index (κ2) is 7.08. The van der Waals surface area contributed by atoms with Crippen LogP contribution in [-0.2, 0) is 21.4 Å². The summed E-state index contributed by atoms with van der Waals surface area (Å²) in [5, 5.41) is 2.66. The Labute approximate surface area is 145 Å². The maximum absolute atomic E-state index is 12.4. The first-order chi connectivity index (χ1) is 12.0. The van der Waals surface area contributed by atoms with Gasteiger partial charge in [-0.3, -0.25) is 9.78 Å². The van der Waals surface area contributed by atoms with E-state index in [2.05, 4.69) is 15.0 Å². The van der Waals surface area contributed by atoms with Crippen LogP contribution < -0.4 is 19.5 Å². The van der Waals surface area contributed by atoms with Crippen LogP contribution in [0.25, 0.3) is 0 Å². The van der Waals surface area contributed by atoms with E-state index in [0.717, 1.165) is 5.56 Å². The van der Waals surface area contributed by atoms with E-state index >= 15 is 0 Å². The topological polar surface area (TPSA) is 107 Å². The van der Waals surface area contributed by atoms with Crippen molar-refractivity contribution in [3.05, 3.63) is 48.3 Å². The number of nitrogens with zero attached hydrogens (tertiary/aromatic N) is 1. The molecule has 8 nitrogen and oxygen atoms in total. The number of fused-ring (bicyclic) bond motifs is 1. The molecule has 132 valence electrons. The second-order valence-corrected chi connectivity index (χ2v) is 7.15. The van der Waals surface area contributed by atoms with Crippen LogP contribution in [-0.4, -0.2) is 32.1 Å².